The third-order valence-corrected chi connectivity index (χ3v) is 13.2. The van der Waals surface area contributed by atoms with Crippen LogP contribution in [0.1, 0.15) is 0 Å². The summed E-state index contributed by atoms with van der Waals surface area (Å²) in [6.45, 7) is 0. The Morgan fingerprint density at radius 3 is 1.24 bits per heavy atom. The molecule has 318 valence electrons. The summed E-state index contributed by atoms with van der Waals surface area (Å²) in [5.74, 6) is 1.72. The molecule has 3 heterocycles. The quantitative estimate of drug-likeness (QED) is 0.153. The molecule has 0 N–H and O–H groups in total. The van der Waals surface area contributed by atoms with Gasteiger partial charge in [-0.15, -0.1) is 0 Å². The maximum absolute atomic E-state index is 5.71. The highest BCUT2D eigenvalue weighted by Gasteiger charge is 2.26. The van der Waals surface area contributed by atoms with Crippen LogP contribution in [0.5, 0.6) is 0 Å². The second-order valence-corrected chi connectivity index (χ2v) is 17.1. The van der Waals surface area contributed by atoms with E-state index in [9.17, 15) is 0 Å². The summed E-state index contributed by atoms with van der Waals surface area (Å²) >= 11 is 0. The molecule has 10 aromatic carbocycles. The molecule has 0 bridgehead atoms. The molecule has 0 aliphatic heterocycles. The molecule has 0 fully saturated rings. The normalized spacial score (nSPS) is 11.5. The first-order valence-corrected chi connectivity index (χ1v) is 23.0. The minimum atomic E-state index is 0.570. The molecule has 0 amide bonds. The van der Waals surface area contributed by atoms with E-state index < -0.39 is 0 Å². The van der Waals surface area contributed by atoms with E-state index in [1.165, 1.54) is 21.5 Å². The van der Waals surface area contributed by atoms with E-state index in [4.69, 9.17) is 15.0 Å². The van der Waals surface area contributed by atoms with E-state index in [1.807, 2.05) is 0 Å². The average molecular weight is 868 g/mol. The predicted octanol–water partition coefficient (Wildman–Crippen LogP) is 16.1. The van der Waals surface area contributed by atoms with Crippen LogP contribution in [0.2, 0.25) is 0 Å². The average Bonchev–Trinajstić information content (AvgIpc) is 3.94. The fraction of sp³-hybridized carbons (Fsp3) is 0. The van der Waals surface area contributed by atoms with Gasteiger partial charge in [0.05, 0.1) is 39.0 Å². The summed E-state index contributed by atoms with van der Waals surface area (Å²) in [6.07, 6.45) is 0. The summed E-state index contributed by atoms with van der Waals surface area (Å²) in [5, 5.41) is 4.73. The van der Waals surface area contributed by atoms with Crippen LogP contribution in [0, 0.1) is 0 Å². The van der Waals surface area contributed by atoms with Gasteiger partial charge in [-0.3, -0.25) is 0 Å². The molecule has 0 unspecified atom stereocenters. The Morgan fingerprint density at radius 1 is 0.250 bits per heavy atom. The van der Waals surface area contributed by atoms with Gasteiger partial charge in [0, 0.05) is 38.2 Å². The van der Waals surface area contributed by atoms with Gasteiger partial charge in [-0.1, -0.05) is 206 Å². The molecule has 0 radical (unpaired) electrons. The fourth-order valence-electron chi connectivity index (χ4n) is 10.2. The van der Waals surface area contributed by atoms with Gasteiger partial charge in [-0.05, 0) is 70.3 Å². The van der Waals surface area contributed by atoms with Crippen molar-refractivity contribution in [1.82, 2.24) is 24.1 Å². The summed E-state index contributed by atoms with van der Waals surface area (Å²) in [6, 6.07) is 88.0. The zero-order chi connectivity index (χ0) is 45.0. The smallest absolute Gasteiger partial charge is 0.166 e. The molecule has 3 aromatic heterocycles. The van der Waals surface area contributed by atoms with Crippen molar-refractivity contribution in [2.24, 2.45) is 0 Å². The van der Waals surface area contributed by atoms with Crippen LogP contribution >= 0.6 is 0 Å². The van der Waals surface area contributed by atoms with Crippen molar-refractivity contribution in [2.45, 2.75) is 0 Å². The van der Waals surface area contributed by atoms with Crippen molar-refractivity contribution in [3.05, 3.63) is 249 Å². The van der Waals surface area contributed by atoms with Crippen LogP contribution < -0.4 is 0 Å². The number of hydrogen-bond acceptors (Lipinski definition) is 3. The second-order valence-electron chi connectivity index (χ2n) is 17.1. The highest BCUT2D eigenvalue weighted by Crippen LogP contribution is 2.44. The maximum atomic E-state index is 5.71. The monoisotopic (exact) mass is 867 g/mol. The lowest BCUT2D eigenvalue weighted by atomic mass is 9.96. The van der Waals surface area contributed by atoms with Crippen molar-refractivity contribution < 1.29 is 0 Å². The van der Waals surface area contributed by atoms with E-state index in [1.54, 1.807) is 0 Å². The van der Waals surface area contributed by atoms with Crippen LogP contribution in [-0.4, -0.2) is 24.1 Å². The number of aromatic nitrogens is 5. The standard InChI is InChI=1S/C63H41N5/c1-4-21-42(22-5-1)45-27-18-28-46(41-45)61-64-62(53-35-19-34-48(44-25-8-3-9-26-44)60(53)68-56-38-16-12-31-51(56)52-32-13-17-39-57(52)68)66-63(65-61)59-47(43-23-6-2-7-24-43)33-20-40-58(59)67-54-36-14-10-29-49(54)50-30-11-15-37-55(50)67/h1-41H. The molecule has 0 saturated heterocycles. The van der Waals surface area contributed by atoms with Gasteiger partial charge >= 0.3 is 0 Å². The Hall–Kier alpha value is -9.19. The van der Waals surface area contributed by atoms with E-state index >= 15 is 0 Å². The van der Waals surface area contributed by atoms with Crippen LogP contribution in [0.15, 0.2) is 249 Å². The zero-order valence-corrected chi connectivity index (χ0v) is 36.9. The van der Waals surface area contributed by atoms with E-state index in [-0.39, 0.29) is 0 Å². The third-order valence-electron chi connectivity index (χ3n) is 13.2. The third kappa shape index (κ3) is 6.51. The first-order valence-electron chi connectivity index (χ1n) is 23.0. The number of rotatable bonds is 8. The lowest BCUT2D eigenvalue weighted by Crippen LogP contribution is -2.07. The van der Waals surface area contributed by atoms with Gasteiger partial charge in [0.1, 0.15) is 0 Å². The van der Waals surface area contributed by atoms with Crippen LogP contribution in [0.3, 0.4) is 0 Å². The molecular formula is C63H41N5. The Morgan fingerprint density at radius 2 is 0.647 bits per heavy atom. The van der Waals surface area contributed by atoms with E-state index in [0.717, 1.165) is 83.5 Å². The second kappa shape index (κ2) is 16.4. The molecule has 5 heteroatoms. The Bertz CT molecular complexity index is 3910. The number of nitrogens with zero attached hydrogens (tertiary/aromatic N) is 5. The molecule has 13 rings (SSSR count). The molecule has 13 aromatic rings. The number of fused-ring (bicyclic) bond motifs is 6. The van der Waals surface area contributed by atoms with Crippen molar-refractivity contribution in [1.29, 1.82) is 0 Å². The van der Waals surface area contributed by atoms with Crippen molar-refractivity contribution in [3.8, 4) is 78.9 Å². The first-order chi connectivity index (χ1) is 33.8. The molecule has 68 heavy (non-hydrogen) atoms. The van der Waals surface area contributed by atoms with Crippen LogP contribution in [0.4, 0.5) is 0 Å². The Kier molecular flexibility index (Phi) is 9.43. The van der Waals surface area contributed by atoms with Gasteiger partial charge < -0.3 is 9.13 Å². The summed E-state index contributed by atoms with van der Waals surface area (Å²) in [5.41, 5.74) is 15.5. The van der Waals surface area contributed by atoms with Crippen LogP contribution in [0.25, 0.3) is 123 Å². The summed E-state index contributed by atoms with van der Waals surface area (Å²) < 4.78 is 4.79. The van der Waals surface area contributed by atoms with Crippen molar-refractivity contribution >= 4 is 43.6 Å². The van der Waals surface area contributed by atoms with Crippen molar-refractivity contribution in [2.75, 3.05) is 0 Å². The Labute approximate surface area is 393 Å². The topological polar surface area (TPSA) is 48.5 Å². The molecule has 5 nitrogen and oxygen atoms in total. The number of para-hydroxylation sites is 5. The van der Waals surface area contributed by atoms with Gasteiger partial charge in [0.15, 0.2) is 17.5 Å². The van der Waals surface area contributed by atoms with Gasteiger partial charge in [-0.25, -0.2) is 15.0 Å². The number of benzene rings is 10. The minimum absolute atomic E-state index is 0.570. The Balaban J connectivity index is 1.16. The fourth-order valence-corrected chi connectivity index (χ4v) is 10.2. The minimum Gasteiger partial charge on any atom is -0.308 e. The summed E-state index contributed by atoms with van der Waals surface area (Å²) in [4.78, 5) is 16.8. The van der Waals surface area contributed by atoms with Crippen molar-refractivity contribution in [3.63, 3.8) is 0 Å². The van der Waals surface area contributed by atoms with E-state index in [0.29, 0.717) is 17.5 Å². The zero-order valence-electron chi connectivity index (χ0n) is 36.9. The maximum Gasteiger partial charge on any atom is 0.166 e. The predicted molar refractivity (Wildman–Crippen MR) is 281 cm³/mol. The van der Waals surface area contributed by atoms with Gasteiger partial charge in [0.25, 0.3) is 0 Å². The first kappa shape index (κ1) is 39.2. The SMILES string of the molecule is c1ccc(-c2cccc(-c3nc(-c4cccc(-c5ccccc5)c4-n4c5ccccc5c5ccccc54)nc(-c4c(-c5ccccc5)cccc4-n4c5ccccc5c5ccccc54)n3)c2)cc1. The summed E-state index contributed by atoms with van der Waals surface area (Å²) in [7, 11) is 0. The highest BCUT2D eigenvalue weighted by molar-refractivity contribution is 6.11. The van der Waals surface area contributed by atoms with E-state index in [2.05, 4.69) is 258 Å². The van der Waals surface area contributed by atoms with Crippen LogP contribution in [-0.2, 0) is 0 Å². The molecule has 0 spiro atoms. The van der Waals surface area contributed by atoms with Gasteiger partial charge in [0.2, 0.25) is 0 Å². The van der Waals surface area contributed by atoms with Gasteiger partial charge in [-0.2, -0.15) is 0 Å². The largest absolute Gasteiger partial charge is 0.308 e. The molecular weight excluding hydrogens is 827 g/mol. The molecule has 0 aliphatic carbocycles. The molecule has 0 aliphatic rings. The lowest BCUT2D eigenvalue weighted by molar-refractivity contribution is 1.06. The molecule has 0 atom stereocenters. The highest BCUT2D eigenvalue weighted by atomic mass is 15.1. The lowest BCUT2D eigenvalue weighted by Gasteiger charge is -2.20. The number of hydrogen-bond donors (Lipinski definition) is 0. The molecule has 0 saturated carbocycles.